The van der Waals surface area contributed by atoms with Crippen LogP contribution in [0.4, 0.5) is 8.78 Å². The minimum absolute atomic E-state index is 0.0874. The van der Waals surface area contributed by atoms with Crippen molar-refractivity contribution in [2.75, 3.05) is 26.4 Å². The molecule has 6 nitrogen and oxygen atoms in total. The summed E-state index contributed by atoms with van der Waals surface area (Å²) in [6.07, 6.45) is 0.490. The quantitative estimate of drug-likeness (QED) is 0.434. The van der Waals surface area contributed by atoms with E-state index in [1.807, 2.05) is 25.7 Å². The summed E-state index contributed by atoms with van der Waals surface area (Å²) in [5.41, 5.74) is -1.43. The molecule has 0 saturated carbocycles. The van der Waals surface area contributed by atoms with E-state index >= 15 is 8.78 Å². The molecule has 2 aromatic carbocycles. The van der Waals surface area contributed by atoms with Crippen molar-refractivity contribution in [3.63, 3.8) is 0 Å². The molecule has 2 N–H and O–H groups in total. The third-order valence-corrected chi connectivity index (χ3v) is 7.96. The molecule has 38 heavy (non-hydrogen) atoms. The van der Waals surface area contributed by atoms with E-state index in [0.29, 0.717) is 19.5 Å². The summed E-state index contributed by atoms with van der Waals surface area (Å²) in [7, 11) is 0. The Morgan fingerprint density at radius 2 is 1.97 bits per heavy atom. The van der Waals surface area contributed by atoms with E-state index in [9.17, 15) is 10.1 Å². The Kier molecular flexibility index (Phi) is 8.37. The molecule has 0 aliphatic carbocycles. The van der Waals surface area contributed by atoms with Gasteiger partial charge >= 0.3 is 5.97 Å². The molecule has 204 valence electrons. The molecule has 2 aromatic rings. The Morgan fingerprint density at radius 3 is 2.58 bits per heavy atom. The predicted octanol–water partition coefficient (Wildman–Crippen LogP) is 5.58. The van der Waals surface area contributed by atoms with Crippen LogP contribution in [0.15, 0.2) is 36.4 Å². The van der Waals surface area contributed by atoms with E-state index in [1.54, 1.807) is 12.1 Å². The zero-order valence-corrected chi connectivity index (χ0v) is 23.0. The van der Waals surface area contributed by atoms with Crippen molar-refractivity contribution in [1.29, 1.82) is 5.26 Å². The predicted molar refractivity (Wildman–Crippen MR) is 141 cm³/mol. The summed E-state index contributed by atoms with van der Waals surface area (Å²) in [5, 5.41) is 23.5. The Labute approximate surface area is 231 Å². The molecular formula is C28H31Cl2F2N3O3. The lowest BCUT2D eigenvalue weighted by Gasteiger charge is -2.38. The number of ether oxygens (including phenoxy) is 1. The van der Waals surface area contributed by atoms with Crippen molar-refractivity contribution in [3.05, 3.63) is 69.2 Å². The summed E-state index contributed by atoms with van der Waals surface area (Å²) < 4.78 is 37.1. The second-order valence-corrected chi connectivity index (χ2v) is 12.2. The summed E-state index contributed by atoms with van der Waals surface area (Å²) >= 11 is 12.2. The number of nitriles is 1. The van der Waals surface area contributed by atoms with E-state index in [0.717, 1.165) is 0 Å². The number of benzene rings is 2. The van der Waals surface area contributed by atoms with Gasteiger partial charge in [-0.1, -0.05) is 62.2 Å². The zero-order valence-electron chi connectivity index (χ0n) is 21.5. The fourth-order valence-corrected chi connectivity index (χ4v) is 6.09. The smallest absolute Gasteiger partial charge is 0.309 e. The molecule has 4 atom stereocenters. The van der Waals surface area contributed by atoms with Crippen LogP contribution in [0.25, 0.3) is 0 Å². The first kappa shape index (κ1) is 28.7. The SMILES string of the molecule is CC(C)(C)CC1NC(COCN2CC(C(=O)O)C2)C(c2cccc(Cl)c2F)C1(C#N)c1ccc(Cl)cc1F. The number of rotatable bonds is 8. The molecule has 2 saturated heterocycles. The molecule has 0 amide bonds. The van der Waals surface area contributed by atoms with Crippen molar-refractivity contribution >= 4 is 29.2 Å². The van der Waals surface area contributed by atoms with Gasteiger partial charge in [-0.25, -0.2) is 8.78 Å². The van der Waals surface area contributed by atoms with E-state index in [4.69, 9.17) is 33.0 Å². The van der Waals surface area contributed by atoms with Crippen molar-refractivity contribution < 1.29 is 23.4 Å². The van der Waals surface area contributed by atoms with E-state index in [-0.39, 0.29) is 39.9 Å². The second-order valence-electron chi connectivity index (χ2n) is 11.4. The first-order valence-electron chi connectivity index (χ1n) is 12.5. The Balaban J connectivity index is 1.77. The topological polar surface area (TPSA) is 85.6 Å². The first-order valence-corrected chi connectivity index (χ1v) is 13.2. The average molecular weight is 566 g/mol. The Bertz CT molecular complexity index is 1240. The molecule has 2 aliphatic rings. The summed E-state index contributed by atoms with van der Waals surface area (Å²) in [4.78, 5) is 13.0. The Morgan fingerprint density at radius 1 is 1.26 bits per heavy atom. The number of aliphatic carboxylic acids is 1. The fourth-order valence-electron chi connectivity index (χ4n) is 5.75. The molecule has 2 fully saturated rings. The van der Waals surface area contributed by atoms with Gasteiger partial charge in [-0.15, -0.1) is 0 Å². The van der Waals surface area contributed by atoms with Crippen LogP contribution in [0.3, 0.4) is 0 Å². The van der Waals surface area contributed by atoms with Crippen molar-refractivity contribution in [1.82, 2.24) is 10.2 Å². The van der Waals surface area contributed by atoms with Crippen molar-refractivity contribution in [2.45, 2.75) is 50.6 Å². The fraction of sp³-hybridized carbons (Fsp3) is 0.500. The van der Waals surface area contributed by atoms with Gasteiger partial charge in [0.05, 0.1) is 30.3 Å². The number of halogens is 4. The number of likely N-dealkylation sites (tertiary alicyclic amines) is 1. The molecule has 0 aromatic heterocycles. The van der Waals surface area contributed by atoms with E-state index in [1.165, 1.54) is 24.3 Å². The molecular weight excluding hydrogens is 535 g/mol. The van der Waals surface area contributed by atoms with Crippen LogP contribution in [-0.4, -0.2) is 54.5 Å². The van der Waals surface area contributed by atoms with Gasteiger partial charge in [-0.2, -0.15) is 5.26 Å². The molecule has 0 spiro atoms. The highest BCUT2D eigenvalue weighted by Gasteiger charge is 2.59. The zero-order chi connectivity index (χ0) is 27.8. The van der Waals surface area contributed by atoms with Gasteiger partial charge in [0.1, 0.15) is 17.0 Å². The van der Waals surface area contributed by atoms with Gasteiger partial charge in [-0.05, 0) is 35.6 Å². The summed E-state index contributed by atoms with van der Waals surface area (Å²) in [6.45, 7) is 7.11. The number of carboxylic acid groups (broad SMARTS) is 1. The summed E-state index contributed by atoms with van der Waals surface area (Å²) in [5.74, 6) is -3.43. The molecule has 0 bridgehead atoms. The maximum atomic E-state index is 15.6. The minimum Gasteiger partial charge on any atom is -0.481 e. The first-order chi connectivity index (χ1) is 17.9. The Hall–Kier alpha value is -2.28. The maximum Gasteiger partial charge on any atom is 0.309 e. The molecule has 2 heterocycles. The minimum atomic E-state index is -1.51. The second kappa shape index (κ2) is 11.1. The third kappa shape index (κ3) is 5.54. The van der Waals surface area contributed by atoms with Gasteiger partial charge in [0, 0.05) is 41.7 Å². The highest BCUT2D eigenvalue weighted by atomic mass is 35.5. The normalized spacial score (nSPS) is 26.2. The monoisotopic (exact) mass is 565 g/mol. The molecule has 4 unspecified atom stereocenters. The van der Waals surface area contributed by atoms with E-state index < -0.39 is 46.9 Å². The standard InChI is InChI=1S/C28H31Cl2F2N3O3/c1-27(2,3)10-23-28(14-33,19-8-7-17(29)9-21(19)31)24(18-5-4-6-20(30)25(18)32)22(34-23)13-38-15-35-11-16(12-35)26(36)37/h4-9,16,22-24,34H,10-13,15H2,1-3H3,(H,36,37). The number of carbonyl (C=O) groups is 1. The van der Waals surface area contributed by atoms with Gasteiger partial charge < -0.3 is 15.2 Å². The number of hydrogen-bond donors (Lipinski definition) is 2. The van der Waals surface area contributed by atoms with Gasteiger partial charge in [0.15, 0.2) is 0 Å². The van der Waals surface area contributed by atoms with E-state index in [2.05, 4.69) is 11.4 Å². The highest BCUT2D eigenvalue weighted by Crippen LogP contribution is 2.52. The van der Waals surface area contributed by atoms with Crippen LogP contribution in [0.5, 0.6) is 0 Å². The third-order valence-electron chi connectivity index (χ3n) is 7.43. The number of hydrogen-bond acceptors (Lipinski definition) is 5. The van der Waals surface area contributed by atoms with Crippen molar-refractivity contribution in [2.24, 2.45) is 11.3 Å². The lowest BCUT2D eigenvalue weighted by atomic mass is 9.63. The molecule has 10 heteroatoms. The number of nitrogens with one attached hydrogen (secondary N) is 1. The van der Waals surface area contributed by atoms with Gasteiger partial charge in [-0.3, -0.25) is 9.69 Å². The number of nitrogens with zero attached hydrogens (tertiary/aromatic N) is 2. The average Bonchev–Trinajstić information content (AvgIpc) is 3.08. The largest absolute Gasteiger partial charge is 0.481 e. The summed E-state index contributed by atoms with van der Waals surface area (Å²) in [6, 6.07) is 10.1. The maximum absolute atomic E-state index is 15.6. The molecule has 0 radical (unpaired) electrons. The lowest BCUT2D eigenvalue weighted by Crippen LogP contribution is -2.51. The van der Waals surface area contributed by atoms with Crippen LogP contribution < -0.4 is 5.32 Å². The molecule has 2 aliphatic heterocycles. The van der Waals surface area contributed by atoms with Gasteiger partial charge in [0.25, 0.3) is 0 Å². The molecule has 4 rings (SSSR count). The van der Waals surface area contributed by atoms with Crippen LogP contribution >= 0.6 is 23.2 Å². The van der Waals surface area contributed by atoms with Crippen LogP contribution in [0, 0.1) is 34.3 Å². The van der Waals surface area contributed by atoms with Crippen LogP contribution in [-0.2, 0) is 14.9 Å². The van der Waals surface area contributed by atoms with Crippen LogP contribution in [0.2, 0.25) is 10.0 Å². The lowest BCUT2D eigenvalue weighted by molar-refractivity contribution is -0.150. The number of carboxylic acids is 1. The van der Waals surface area contributed by atoms with Crippen LogP contribution in [0.1, 0.15) is 44.2 Å². The highest BCUT2D eigenvalue weighted by molar-refractivity contribution is 6.31. The van der Waals surface area contributed by atoms with Gasteiger partial charge in [0.2, 0.25) is 0 Å². The van der Waals surface area contributed by atoms with Crippen molar-refractivity contribution in [3.8, 4) is 6.07 Å².